The van der Waals surface area contributed by atoms with Gasteiger partial charge in [0.25, 0.3) is 5.91 Å². The fourth-order valence-corrected chi connectivity index (χ4v) is 2.95. The second-order valence-corrected chi connectivity index (χ2v) is 6.11. The van der Waals surface area contributed by atoms with Crippen molar-refractivity contribution >= 4 is 17.8 Å². The van der Waals surface area contributed by atoms with E-state index in [9.17, 15) is 19.5 Å². The third-order valence-corrected chi connectivity index (χ3v) is 4.74. The summed E-state index contributed by atoms with van der Waals surface area (Å²) in [5.74, 6) is -0.429. The standard InChI is InChI=1S/C14H23N3O4/c1-4-14(3)12(20)17(13(21)15-14)7-11(19)16-6-5-9(2)10(16)8-18/h9-10,18H,4-8H2,1-3H3,(H,15,21). The Bertz CT molecular complexity index is 467. The van der Waals surface area contributed by atoms with Crippen LogP contribution >= 0.6 is 0 Å². The lowest BCUT2D eigenvalue weighted by atomic mass is 9.99. The van der Waals surface area contributed by atoms with Crippen molar-refractivity contribution in [1.29, 1.82) is 0 Å². The molecule has 7 nitrogen and oxygen atoms in total. The molecule has 2 aliphatic rings. The number of hydrogen-bond donors (Lipinski definition) is 2. The SMILES string of the molecule is CCC1(C)NC(=O)N(CC(=O)N2CCC(C)C2CO)C1=O. The highest BCUT2D eigenvalue weighted by Crippen LogP contribution is 2.25. The number of carbonyl (C=O) groups is 3. The van der Waals surface area contributed by atoms with Crippen LogP contribution in [0.2, 0.25) is 0 Å². The Kier molecular flexibility index (Phi) is 4.22. The molecule has 2 saturated heterocycles. The average molecular weight is 297 g/mol. The van der Waals surface area contributed by atoms with Crippen molar-refractivity contribution in [2.45, 2.75) is 45.2 Å². The summed E-state index contributed by atoms with van der Waals surface area (Å²) in [5, 5.41) is 12.0. The van der Waals surface area contributed by atoms with E-state index in [2.05, 4.69) is 5.32 Å². The predicted molar refractivity (Wildman–Crippen MR) is 75.3 cm³/mol. The van der Waals surface area contributed by atoms with Gasteiger partial charge >= 0.3 is 6.03 Å². The number of likely N-dealkylation sites (tertiary alicyclic amines) is 1. The van der Waals surface area contributed by atoms with Crippen molar-refractivity contribution < 1.29 is 19.5 Å². The summed E-state index contributed by atoms with van der Waals surface area (Å²) in [6.45, 7) is 5.65. The molecular weight excluding hydrogens is 274 g/mol. The second-order valence-electron chi connectivity index (χ2n) is 6.11. The molecule has 0 saturated carbocycles. The Hall–Kier alpha value is -1.63. The van der Waals surface area contributed by atoms with Gasteiger partial charge in [-0.1, -0.05) is 13.8 Å². The fourth-order valence-electron chi connectivity index (χ4n) is 2.95. The molecule has 21 heavy (non-hydrogen) atoms. The van der Waals surface area contributed by atoms with Crippen molar-refractivity contribution in [2.75, 3.05) is 19.7 Å². The van der Waals surface area contributed by atoms with Crippen LogP contribution in [0.1, 0.15) is 33.6 Å². The molecule has 7 heteroatoms. The normalized spacial score (nSPS) is 32.8. The van der Waals surface area contributed by atoms with E-state index in [-0.39, 0.29) is 36.9 Å². The molecule has 2 fully saturated rings. The highest BCUT2D eigenvalue weighted by atomic mass is 16.3. The number of nitrogens with zero attached hydrogens (tertiary/aromatic N) is 2. The van der Waals surface area contributed by atoms with Gasteiger partial charge in [-0.2, -0.15) is 0 Å². The molecule has 0 aromatic rings. The first-order valence-corrected chi connectivity index (χ1v) is 7.38. The second kappa shape index (κ2) is 5.63. The van der Waals surface area contributed by atoms with Crippen LogP contribution < -0.4 is 5.32 Å². The van der Waals surface area contributed by atoms with Crippen LogP contribution in [0.4, 0.5) is 4.79 Å². The summed E-state index contributed by atoms with van der Waals surface area (Å²) >= 11 is 0. The Balaban J connectivity index is 2.07. The largest absolute Gasteiger partial charge is 0.394 e. The average Bonchev–Trinajstić information content (AvgIpc) is 2.92. The highest BCUT2D eigenvalue weighted by molar-refractivity contribution is 6.08. The van der Waals surface area contributed by atoms with Gasteiger partial charge in [-0.3, -0.25) is 14.5 Å². The molecule has 0 bridgehead atoms. The number of aliphatic hydroxyl groups is 1. The zero-order chi connectivity index (χ0) is 15.8. The number of imide groups is 1. The number of nitrogens with one attached hydrogen (secondary N) is 1. The number of hydrogen-bond acceptors (Lipinski definition) is 4. The van der Waals surface area contributed by atoms with Gasteiger partial charge in [0, 0.05) is 6.54 Å². The predicted octanol–water partition coefficient (Wildman–Crippen LogP) is -0.0638. The molecule has 0 aromatic carbocycles. The smallest absolute Gasteiger partial charge is 0.325 e. The van der Waals surface area contributed by atoms with E-state index in [1.54, 1.807) is 11.8 Å². The summed E-state index contributed by atoms with van der Waals surface area (Å²) < 4.78 is 0. The van der Waals surface area contributed by atoms with Crippen LogP contribution in [0.15, 0.2) is 0 Å². The minimum atomic E-state index is -0.925. The van der Waals surface area contributed by atoms with Gasteiger partial charge in [0.05, 0.1) is 12.6 Å². The molecule has 2 aliphatic heterocycles. The zero-order valence-electron chi connectivity index (χ0n) is 12.8. The maximum Gasteiger partial charge on any atom is 0.325 e. The lowest BCUT2D eigenvalue weighted by Crippen LogP contribution is -2.47. The molecular formula is C14H23N3O4. The lowest BCUT2D eigenvalue weighted by molar-refractivity contribution is -0.139. The van der Waals surface area contributed by atoms with Crippen LogP contribution in [0, 0.1) is 5.92 Å². The van der Waals surface area contributed by atoms with Gasteiger partial charge in [-0.25, -0.2) is 4.79 Å². The Morgan fingerprint density at radius 3 is 2.67 bits per heavy atom. The quantitative estimate of drug-likeness (QED) is 0.711. The van der Waals surface area contributed by atoms with E-state index in [0.29, 0.717) is 13.0 Å². The summed E-state index contributed by atoms with van der Waals surface area (Å²) in [7, 11) is 0. The molecule has 2 N–H and O–H groups in total. The monoisotopic (exact) mass is 297 g/mol. The first kappa shape index (κ1) is 15.8. The Morgan fingerprint density at radius 1 is 1.48 bits per heavy atom. The highest BCUT2D eigenvalue weighted by Gasteiger charge is 2.48. The Labute approximate surface area is 124 Å². The minimum Gasteiger partial charge on any atom is -0.394 e. The van der Waals surface area contributed by atoms with Gasteiger partial charge in [0.1, 0.15) is 12.1 Å². The summed E-state index contributed by atoms with van der Waals surface area (Å²) in [5.41, 5.74) is -0.925. The molecule has 118 valence electrons. The van der Waals surface area contributed by atoms with Crippen molar-refractivity contribution in [3.63, 3.8) is 0 Å². The van der Waals surface area contributed by atoms with Crippen molar-refractivity contribution in [3.05, 3.63) is 0 Å². The van der Waals surface area contributed by atoms with Gasteiger partial charge in [0.2, 0.25) is 5.91 Å². The molecule has 2 heterocycles. The Morgan fingerprint density at radius 2 is 2.14 bits per heavy atom. The van der Waals surface area contributed by atoms with E-state index in [1.165, 1.54) is 0 Å². The molecule has 3 unspecified atom stereocenters. The topological polar surface area (TPSA) is 90.0 Å². The van der Waals surface area contributed by atoms with E-state index in [0.717, 1.165) is 11.3 Å². The first-order valence-electron chi connectivity index (χ1n) is 7.38. The molecule has 0 radical (unpaired) electrons. The number of aliphatic hydroxyl groups excluding tert-OH is 1. The zero-order valence-corrected chi connectivity index (χ0v) is 12.8. The van der Waals surface area contributed by atoms with E-state index in [4.69, 9.17) is 0 Å². The van der Waals surface area contributed by atoms with Gasteiger partial charge < -0.3 is 15.3 Å². The molecule has 0 aromatic heterocycles. The minimum absolute atomic E-state index is 0.0975. The lowest BCUT2D eigenvalue weighted by Gasteiger charge is -2.27. The number of carbonyl (C=O) groups excluding carboxylic acids is 3. The number of urea groups is 1. The fraction of sp³-hybridized carbons (Fsp3) is 0.786. The summed E-state index contributed by atoms with van der Waals surface area (Å²) in [4.78, 5) is 39.1. The summed E-state index contributed by atoms with van der Waals surface area (Å²) in [6.07, 6.45) is 1.30. The third-order valence-electron chi connectivity index (χ3n) is 4.74. The first-order chi connectivity index (χ1) is 9.84. The van der Waals surface area contributed by atoms with E-state index >= 15 is 0 Å². The third kappa shape index (κ3) is 2.62. The van der Waals surface area contributed by atoms with Gasteiger partial charge in [-0.15, -0.1) is 0 Å². The van der Waals surface area contributed by atoms with E-state index in [1.807, 2.05) is 13.8 Å². The maximum absolute atomic E-state index is 12.3. The van der Waals surface area contributed by atoms with Gasteiger partial charge in [0.15, 0.2) is 0 Å². The van der Waals surface area contributed by atoms with Crippen LogP contribution in [-0.4, -0.2) is 64.0 Å². The van der Waals surface area contributed by atoms with Crippen LogP contribution in [0.25, 0.3) is 0 Å². The van der Waals surface area contributed by atoms with Crippen LogP contribution in [-0.2, 0) is 9.59 Å². The molecule has 3 atom stereocenters. The molecule has 4 amide bonds. The number of amides is 4. The molecule has 0 spiro atoms. The van der Waals surface area contributed by atoms with E-state index < -0.39 is 11.6 Å². The number of rotatable bonds is 4. The van der Waals surface area contributed by atoms with Crippen molar-refractivity contribution in [2.24, 2.45) is 5.92 Å². The van der Waals surface area contributed by atoms with Gasteiger partial charge in [-0.05, 0) is 25.7 Å². The summed E-state index contributed by atoms with van der Waals surface area (Å²) in [6, 6.07) is -0.749. The molecule has 0 aliphatic carbocycles. The van der Waals surface area contributed by atoms with Crippen LogP contribution in [0.5, 0.6) is 0 Å². The van der Waals surface area contributed by atoms with Crippen LogP contribution in [0.3, 0.4) is 0 Å². The van der Waals surface area contributed by atoms with Crippen molar-refractivity contribution in [1.82, 2.24) is 15.1 Å². The van der Waals surface area contributed by atoms with Crippen molar-refractivity contribution in [3.8, 4) is 0 Å². The molecule has 2 rings (SSSR count). The maximum atomic E-state index is 12.3.